The molecule has 2 rings (SSSR count). The predicted molar refractivity (Wildman–Crippen MR) is 78.0 cm³/mol. The molecule has 0 atom stereocenters. The van der Waals surface area contributed by atoms with Gasteiger partial charge in [-0.3, -0.25) is 0 Å². The number of hydrogen-bond acceptors (Lipinski definition) is 5. The Hall–Kier alpha value is -1.88. The quantitative estimate of drug-likeness (QED) is 0.767. The average Bonchev–Trinajstić information content (AvgIpc) is 2.44. The zero-order chi connectivity index (χ0) is 13.9. The number of nitrogens with one attached hydrogen (secondary N) is 1. The number of fused-ring (bicyclic) bond motifs is 1. The number of nitrogens with zero attached hydrogens (tertiary/aromatic N) is 2. The number of benzene rings is 1. The van der Waals surface area contributed by atoms with Crippen molar-refractivity contribution in [2.75, 3.05) is 17.7 Å². The molecular formula is C14H20N4O. The van der Waals surface area contributed by atoms with Crippen LogP contribution in [0, 0.1) is 0 Å². The lowest BCUT2D eigenvalue weighted by Crippen LogP contribution is -2.41. The Kier molecular flexibility index (Phi) is 3.85. The van der Waals surface area contributed by atoms with Crippen LogP contribution in [0.3, 0.4) is 0 Å². The molecule has 4 N–H and O–H groups in total. The number of aliphatic hydroxyl groups is 1. The number of para-hydroxylation sites is 1. The van der Waals surface area contributed by atoms with Gasteiger partial charge in [-0.15, -0.1) is 0 Å². The zero-order valence-electron chi connectivity index (χ0n) is 11.3. The largest absolute Gasteiger partial charge is 0.394 e. The molecule has 1 aromatic carbocycles. The Morgan fingerprint density at radius 2 is 1.89 bits per heavy atom. The number of hydrogen-bond donors (Lipinski definition) is 3. The molecule has 0 aliphatic rings. The van der Waals surface area contributed by atoms with E-state index in [-0.39, 0.29) is 18.1 Å². The second-order valence-corrected chi connectivity index (χ2v) is 4.72. The van der Waals surface area contributed by atoms with Crippen LogP contribution < -0.4 is 11.1 Å². The number of rotatable bonds is 5. The molecule has 0 radical (unpaired) electrons. The van der Waals surface area contributed by atoms with Crippen molar-refractivity contribution in [3.63, 3.8) is 0 Å². The first-order chi connectivity index (χ1) is 9.14. The van der Waals surface area contributed by atoms with Crippen molar-refractivity contribution in [2.45, 2.75) is 32.2 Å². The molecule has 0 unspecified atom stereocenters. The molecule has 0 saturated carbocycles. The van der Waals surface area contributed by atoms with E-state index in [0.29, 0.717) is 5.82 Å². The highest BCUT2D eigenvalue weighted by Gasteiger charge is 2.26. The third-order valence-electron chi connectivity index (χ3n) is 3.66. The van der Waals surface area contributed by atoms with E-state index in [1.54, 1.807) is 0 Å². The summed E-state index contributed by atoms with van der Waals surface area (Å²) < 4.78 is 0. The zero-order valence-corrected chi connectivity index (χ0v) is 11.3. The first-order valence-corrected chi connectivity index (χ1v) is 6.55. The average molecular weight is 260 g/mol. The van der Waals surface area contributed by atoms with Gasteiger partial charge in [0.05, 0.1) is 17.7 Å². The lowest BCUT2D eigenvalue weighted by Gasteiger charge is -2.31. The fourth-order valence-electron chi connectivity index (χ4n) is 2.13. The van der Waals surface area contributed by atoms with Crippen molar-refractivity contribution in [2.24, 2.45) is 0 Å². The first kappa shape index (κ1) is 13.5. The van der Waals surface area contributed by atoms with Gasteiger partial charge in [-0.05, 0) is 25.0 Å². The summed E-state index contributed by atoms with van der Waals surface area (Å²) in [4.78, 5) is 8.48. The minimum absolute atomic E-state index is 0.0538. The van der Waals surface area contributed by atoms with E-state index in [4.69, 9.17) is 5.73 Å². The van der Waals surface area contributed by atoms with Gasteiger partial charge in [-0.1, -0.05) is 26.0 Å². The summed E-state index contributed by atoms with van der Waals surface area (Å²) in [5.41, 5.74) is 6.17. The molecule has 0 saturated heterocycles. The number of aliphatic hydroxyl groups excluding tert-OH is 1. The third-order valence-corrected chi connectivity index (χ3v) is 3.66. The van der Waals surface area contributed by atoms with Gasteiger partial charge in [0.15, 0.2) is 0 Å². The molecule has 0 aliphatic heterocycles. The fraction of sp³-hybridized carbons (Fsp3) is 0.429. The predicted octanol–water partition coefficient (Wildman–Crippen LogP) is 2.17. The first-order valence-electron chi connectivity index (χ1n) is 6.55. The molecule has 102 valence electrons. The van der Waals surface area contributed by atoms with Gasteiger partial charge in [-0.2, -0.15) is 4.98 Å². The van der Waals surface area contributed by atoms with E-state index in [1.165, 1.54) is 0 Å². The van der Waals surface area contributed by atoms with E-state index >= 15 is 0 Å². The van der Waals surface area contributed by atoms with Crippen LogP contribution in [0.2, 0.25) is 0 Å². The van der Waals surface area contributed by atoms with Crippen LogP contribution in [0.4, 0.5) is 11.8 Å². The van der Waals surface area contributed by atoms with Crippen LogP contribution in [0.5, 0.6) is 0 Å². The number of aromatic nitrogens is 2. The van der Waals surface area contributed by atoms with Gasteiger partial charge >= 0.3 is 0 Å². The highest BCUT2D eigenvalue weighted by atomic mass is 16.3. The molecule has 19 heavy (non-hydrogen) atoms. The molecule has 5 heteroatoms. The summed E-state index contributed by atoms with van der Waals surface area (Å²) in [6.07, 6.45) is 1.61. The maximum absolute atomic E-state index is 9.64. The van der Waals surface area contributed by atoms with Gasteiger partial charge in [-0.25, -0.2) is 4.98 Å². The second kappa shape index (κ2) is 5.40. The van der Waals surface area contributed by atoms with E-state index in [1.807, 2.05) is 38.1 Å². The van der Waals surface area contributed by atoms with Crippen LogP contribution >= 0.6 is 0 Å². The number of nitrogens with two attached hydrogens (primary N) is 1. The summed E-state index contributed by atoms with van der Waals surface area (Å²) in [5.74, 6) is 0.918. The third kappa shape index (κ3) is 2.61. The minimum Gasteiger partial charge on any atom is -0.394 e. The summed E-state index contributed by atoms with van der Waals surface area (Å²) >= 11 is 0. The normalized spacial score (nSPS) is 11.7. The van der Waals surface area contributed by atoms with Crippen molar-refractivity contribution >= 4 is 22.7 Å². The standard InChI is InChI=1S/C14H20N4O/c1-3-14(4-2,9-19)18-12-10-7-5-6-8-11(10)16-13(15)17-12/h5-8,19H,3-4,9H2,1-2H3,(H3,15,16,17,18). The van der Waals surface area contributed by atoms with Crippen molar-refractivity contribution < 1.29 is 5.11 Å². The Morgan fingerprint density at radius 1 is 1.21 bits per heavy atom. The molecule has 1 heterocycles. The van der Waals surface area contributed by atoms with Gasteiger partial charge in [0.25, 0.3) is 0 Å². The molecule has 0 spiro atoms. The molecule has 5 nitrogen and oxygen atoms in total. The summed E-state index contributed by atoms with van der Waals surface area (Å²) in [6, 6.07) is 7.70. The second-order valence-electron chi connectivity index (χ2n) is 4.72. The molecule has 0 bridgehead atoms. The highest BCUT2D eigenvalue weighted by Crippen LogP contribution is 2.26. The summed E-state index contributed by atoms with van der Waals surface area (Å²) in [7, 11) is 0. The van der Waals surface area contributed by atoms with Gasteiger partial charge in [0.1, 0.15) is 5.82 Å². The maximum Gasteiger partial charge on any atom is 0.222 e. The molecule has 1 aromatic heterocycles. The molecule has 0 fully saturated rings. The van der Waals surface area contributed by atoms with Crippen molar-refractivity contribution in [3.8, 4) is 0 Å². The highest BCUT2D eigenvalue weighted by molar-refractivity contribution is 5.90. The van der Waals surface area contributed by atoms with Gasteiger partial charge < -0.3 is 16.2 Å². The van der Waals surface area contributed by atoms with Crippen molar-refractivity contribution in [1.29, 1.82) is 0 Å². The van der Waals surface area contributed by atoms with E-state index in [0.717, 1.165) is 23.7 Å². The van der Waals surface area contributed by atoms with Crippen LogP contribution in [-0.4, -0.2) is 27.2 Å². The number of anilines is 2. The van der Waals surface area contributed by atoms with Crippen LogP contribution in [0.25, 0.3) is 10.9 Å². The van der Waals surface area contributed by atoms with Gasteiger partial charge in [0, 0.05) is 5.39 Å². The Bertz CT molecular complexity index is 558. The van der Waals surface area contributed by atoms with E-state index in [2.05, 4.69) is 15.3 Å². The van der Waals surface area contributed by atoms with Crippen molar-refractivity contribution in [1.82, 2.24) is 9.97 Å². The lowest BCUT2D eigenvalue weighted by atomic mass is 9.93. The van der Waals surface area contributed by atoms with E-state index in [9.17, 15) is 5.11 Å². The molecular weight excluding hydrogens is 240 g/mol. The summed E-state index contributed by atoms with van der Waals surface area (Å²) in [6.45, 7) is 4.14. The minimum atomic E-state index is -0.371. The van der Waals surface area contributed by atoms with Crippen LogP contribution in [-0.2, 0) is 0 Å². The van der Waals surface area contributed by atoms with Gasteiger partial charge in [0.2, 0.25) is 5.95 Å². The SMILES string of the molecule is CCC(CC)(CO)Nc1nc(N)nc2ccccc12. The van der Waals surface area contributed by atoms with E-state index < -0.39 is 0 Å². The maximum atomic E-state index is 9.64. The molecule has 2 aromatic rings. The molecule has 0 amide bonds. The van der Waals surface area contributed by atoms with Crippen LogP contribution in [0.1, 0.15) is 26.7 Å². The Balaban J connectivity index is 2.50. The fourth-order valence-corrected chi connectivity index (χ4v) is 2.13. The topological polar surface area (TPSA) is 84.1 Å². The monoisotopic (exact) mass is 260 g/mol. The number of nitrogen functional groups attached to an aromatic ring is 1. The van der Waals surface area contributed by atoms with Crippen molar-refractivity contribution in [3.05, 3.63) is 24.3 Å². The Morgan fingerprint density at radius 3 is 2.53 bits per heavy atom. The lowest BCUT2D eigenvalue weighted by molar-refractivity contribution is 0.202. The molecule has 0 aliphatic carbocycles. The summed E-state index contributed by atoms with van der Waals surface area (Å²) in [5, 5.41) is 13.9. The van der Waals surface area contributed by atoms with Crippen LogP contribution in [0.15, 0.2) is 24.3 Å². The smallest absolute Gasteiger partial charge is 0.222 e. The Labute approximate surface area is 112 Å².